The number of hydrogen-bond acceptors (Lipinski definition) is 3. The summed E-state index contributed by atoms with van der Waals surface area (Å²) >= 11 is 0. The number of amides is 1. The molecule has 1 amide bonds. The predicted molar refractivity (Wildman–Crippen MR) is 61.1 cm³/mol. The first-order valence-corrected chi connectivity index (χ1v) is 5.82. The molecule has 1 aliphatic rings. The highest BCUT2D eigenvalue weighted by atomic mass is 16.5. The Morgan fingerprint density at radius 3 is 2.62 bits per heavy atom. The molecule has 4 heteroatoms. The van der Waals surface area contributed by atoms with Crippen molar-refractivity contribution in [1.82, 2.24) is 5.32 Å². The maximum Gasteiger partial charge on any atom is 0.220 e. The summed E-state index contributed by atoms with van der Waals surface area (Å²) in [6, 6.07) is 0.184. The molecule has 1 aliphatic heterocycles. The Bertz CT molecular complexity index is 273. The maximum absolute atomic E-state index is 11.5. The fourth-order valence-corrected chi connectivity index (χ4v) is 1.94. The molecule has 92 valence electrons. The van der Waals surface area contributed by atoms with Gasteiger partial charge in [-0.25, -0.2) is 0 Å². The number of Topliss-reactive ketones (excluding diaryl/α,β-unsaturated/α-hetero) is 1. The van der Waals surface area contributed by atoms with E-state index in [9.17, 15) is 9.59 Å². The van der Waals surface area contributed by atoms with Crippen molar-refractivity contribution in [2.24, 2.45) is 0 Å². The lowest BCUT2D eigenvalue weighted by atomic mass is 9.94. The van der Waals surface area contributed by atoms with Crippen LogP contribution in [0.25, 0.3) is 0 Å². The van der Waals surface area contributed by atoms with E-state index in [1.807, 2.05) is 13.8 Å². The van der Waals surface area contributed by atoms with Gasteiger partial charge in [-0.3, -0.25) is 4.79 Å². The van der Waals surface area contributed by atoms with Gasteiger partial charge in [0.25, 0.3) is 0 Å². The third-order valence-electron chi connectivity index (χ3n) is 2.77. The quantitative estimate of drug-likeness (QED) is 0.790. The molecule has 0 bridgehead atoms. The fourth-order valence-electron chi connectivity index (χ4n) is 1.94. The van der Waals surface area contributed by atoms with Crippen LogP contribution in [0, 0.1) is 0 Å². The zero-order valence-electron chi connectivity index (χ0n) is 10.3. The monoisotopic (exact) mass is 227 g/mol. The molecule has 1 atom stereocenters. The summed E-state index contributed by atoms with van der Waals surface area (Å²) in [5.74, 6) is 0.0281. The summed E-state index contributed by atoms with van der Waals surface area (Å²) in [4.78, 5) is 22.3. The average Bonchev–Trinajstić information content (AvgIpc) is 2.13. The lowest BCUT2D eigenvalue weighted by molar-refractivity contribution is -0.126. The molecule has 0 saturated carbocycles. The van der Waals surface area contributed by atoms with Crippen molar-refractivity contribution in [2.75, 3.05) is 6.61 Å². The predicted octanol–water partition coefficient (Wildman–Crippen LogP) is 1.43. The first-order valence-electron chi connectivity index (χ1n) is 5.82. The Morgan fingerprint density at radius 2 is 2.06 bits per heavy atom. The van der Waals surface area contributed by atoms with Gasteiger partial charge in [0, 0.05) is 25.5 Å². The molecule has 0 aliphatic carbocycles. The Kier molecular flexibility index (Phi) is 4.47. The van der Waals surface area contributed by atoms with Gasteiger partial charge in [0.2, 0.25) is 5.91 Å². The molecule has 0 aromatic heterocycles. The third-order valence-corrected chi connectivity index (χ3v) is 2.77. The number of nitrogens with one attached hydrogen (secondary N) is 1. The van der Waals surface area contributed by atoms with Gasteiger partial charge in [-0.2, -0.15) is 0 Å². The van der Waals surface area contributed by atoms with E-state index in [2.05, 4.69) is 5.32 Å². The second-order valence-corrected chi connectivity index (χ2v) is 5.07. The molecular weight excluding hydrogens is 206 g/mol. The molecule has 0 spiro atoms. The molecule has 0 aromatic carbocycles. The maximum atomic E-state index is 11.5. The standard InChI is InChI=1S/C12H21NO3/c1-9(14)4-5-11(15)13-10-6-7-16-12(2,3)8-10/h10H,4-8H2,1-3H3,(H,13,15). The lowest BCUT2D eigenvalue weighted by Crippen LogP contribution is -2.45. The van der Waals surface area contributed by atoms with E-state index in [4.69, 9.17) is 4.74 Å². The molecule has 0 radical (unpaired) electrons. The van der Waals surface area contributed by atoms with Gasteiger partial charge in [0.1, 0.15) is 5.78 Å². The molecule has 1 saturated heterocycles. The largest absolute Gasteiger partial charge is 0.375 e. The summed E-state index contributed by atoms with van der Waals surface area (Å²) < 4.78 is 5.57. The van der Waals surface area contributed by atoms with Gasteiger partial charge in [0.15, 0.2) is 0 Å². The van der Waals surface area contributed by atoms with E-state index in [1.165, 1.54) is 6.92 Å². The molecule has 4 nitrogen and oxygen atoms in total. The number of carbonyl (C=O) groups is 2. The van der Waals surface area contributed by atoms with Crippen molar-refractivity contribution >= 4 is 11.7 Å². The lowest BCUT2D eigenvalue weighted by Gasteiger charge is -2.35. The Labute approximate surface area is 96.7 Å². The highest BCUT2D eigenvalue weighted by molar-refractivity contribution is 5.83. The van der Waals surface area contributed by atoms with Crippen LogP contribution in [0.5, 0.6) is 0 Å². The summed E-state index contributed by atoms with van der Waals surface area (Å²) in [7, 11) is 0. The zero-order valence-corrected chi connectivity index (χ0v) is 10.3. The number of hydrogen-bond donors (Lipinski definition) is 1. The smallest absolute Gasteiger partial charge is 0.220 e. The van der Waals surface area contributed by atoms with Crippen LogP contribution in [0.3, 0.4) is 0 Å². The first-order chi connectivity index (χ1) is 7.39. The number of carbonyl (C=O) groups excluding carboxylic acids is 2. The zero-order chi connectivity index (χ0) is 12.2. The van der Waals surface area contributed by atoms with Crippen molar-refractivity contribution in [3.8, 4) is 0 Å². The van der Waals surface area contributed by atoms with E-state index in [1.54, 1.807) is 0 Å². The van der Waals surface area contributed by atoms with E-state index < -0.39 is 0 Å². The van der Waals surface area contributed by atoms with E-state index >= 15 is 0 Å². The average molecular weight is 227 g/mol. The van der Waals surface area contributed by atoms with Crippen LogP contribution in [-0.4, -0.2) is 29.9 Å². The number of ketones is 1. The molecule has 0 aromatic rings. The van der Waals surface area contributed by atoms with Crippen molar-refractivity contribution in [2.45, 2.75) is 58.1 Å². The SMILES string of the molecule is CC(=O)CCC(=O)NC1CCOC(C)(C)C1. The second kappa shape index (κ2) is 5.43. The molecule has 1 unspecified atom stereocenters. The Balaban J connectivity index is 2.31. The van der Waals surface area contributed by atoms with Crippen LogP contribution >= 0.6 is 0 Å². The van der Waals surface area contributed by atoms with Crippen LogP contribution in [0.2, 0.25) is 0 Å². The van der Waals surface area contributed by atoms with Crippen molar-refractivity contribution in [3.05, 3.63) is 0 Å². The Morgan fingerprint density at radius 1 is 1.38 bits per heavy atom. The van der Waals surface area contributed by atoms with Gasteiger partial charge in [-0.05, 0) is 33.6 Å². The summed E-state index contributed by atoms with van der Waals surface area (Å²) in [5, 5.41) is 2.96. The van der Waals surface area contributed by atoms with Gasteiger partial charge in [0.05, 0.1) is 5.60 Å². The van der Waals surface area contributed by atoms with E-state index in [0.717, 1.165) is 12.8 Å². The first kappa shape index (κ1) is 13.2. The fraction of sp³-hybridized carbons (Fsp3) is 0.833. The minimum absolute atomic E-state index is 0.0297. The molecule has 1 fully saturated rings. The van der Waals surface area contributed by atoms with Gasteiger partial charge in [-0.1, -0.05) is 0 Å². The van der Waals surface area contributed by atoms with Crippen LogP contribution in [0.15, 0.2) is 0 Å². The molecule has 1 heterocycles. The van der Waals surface area contributed by atoms with Crippen molar-refractivity contribution in [3.63, 3.8) is 0 Å². The number of rotatable bonds is 4. The highest BCUT2D eigenvalue weighted by Gasteiger charge is 2.29. The summed E-state index contributed by atoms with van der Waals surface area (Å²) in [6.07, 6.45) is 2.32. The van der Waals surface area contributed by atoms with Crippen LogP contribution in [-0.2, 0) is 14.3 Å². The van der Waals surface area contributed by atoms with Crippen molar-refractivity contribution in [1.29, 1.82) is 0 Å². The molecule has 1 N–H and O–H groups in total. The van der Waals surface area contributed by atoms with Gasteiger partial charge in [-0.15, -0.1) is 0 Å². The normalized spacial score (nSPS) is 23.8. The molecular formula is C12H21NO3. The molecule has 16 heavy (non-hydrogen) atoms. The minimum Gasteiger partial charge on any atom is -0.375 e. The third kappa shape index (κ3) is 4.75. The molecule has 1 rings (SSSR count). The number of ether oxygens (including phenoxy) is 1. The van der Waals surface area contributed by atoms with Crippen LogP contribution in [0.4, 0.5) is 0 Å². The van der Waals surface area contributed by atoms with Crippen molar-refractivity contribution < 1.29 is 14.3 Å². The minimum atomic E-state index is -0.156. The van der Waals surface area contributed by atoms with Gasteiger partial charge >= 0.3 is 0 Å². The van der Waals surface area contributed by atoms with Crippen LogP contribution < -0.4 is 5.32 Å². The Hall–Kier alpha value is -0.900. The highest BCUT2D eigenvalue weighted by Crippen LogP contribution is 2.23. The van der Waals surface area contributed by atoms with Crippen LogP contribution in [0.1, 0.15) is 46.5 Å². The summed E-state index contributed by atoms with van der Waals surface area (Å²) in [5.41, 5.74) is -0.156. The van der Waals surface area contributed by atoms with Gasteiger partial charge < -0.3 is 14.8 Å². The second-order valence-electron chi connectivity index (χ2n) is 5.07. The van der Waals surface area contributed by atoms with E-state index in [-0.39, 0.29) is 23.3 Å². The summed E-state index contributed by atoms with van der Waals surface area (Å²) in [6.45, 7) is 6.25. The topological polar surface area (TPSA) is 55.4 Å². The van der Waals surface area contributed by atoms with E-state index in [0.29, 0.717) is 19.4 Å².